The van der Waals surface area contributed by atoms with Crippen LogP contribution in [0.2, 0.25) is 0 Å². The molecule has 7 heteroatoms. The Balaban J connectivity index is 2.71. The van der Waals surface area contributed by atoms with E-state index in [1.807, 2.05) is 6.92 Å². The highest BCUT2D eigenvalue weighted by Gasteiger charge is 2.32. The molecule has 2 amide bonds. The molecule has 1 unspecified atom stereocenters. The van der Waals surface area contributed by atoms with Crippen molar-refractivity contribution in [2.45, 2.75) is 33.7 Å². The molecule has 0 bridgehead atoms. The zero-order valence-electron chi connectivity index (χ0n) is 11.8. The van der Waals surface area contributed by atoms with Crippen LogP contribution in [0.3, 0.4) is 0 Å². The molecule has 0 radical (unpaired) electrons. The Morgan fingerprint density at radius 1 is 1.42 bits per heavy atom. The number of aryl methyl sites for hydroxylation is 2. The Labute approximate surface area is 112 Å². The Bertz CT molecular complexity index is 468. The Hall–Kier alpha value is -2.05. The lowest BCUT2D eigenvalue weighted by Crippen LogP contribution is -2.50. The summed E-state index contributed by atoms with van der Waals surface area (Å²) < 4.78 is 1.62. The van der Waals surface area contributed by atoms with Gasteiger partial charge in [-0.3, -0.25) is 10.00 Å². The van der Waals surface area contributed by atoms with E-state index in [4.69, 9.17) is 5.11 Å². The number of carbonyl (C=O) groups is 2. The number of carboxylic acids is 1. The van der Waals surface area contributed by atoms with Crippen LogP contribution in [0.15, 0.2) is 6.07 Å². The van der Waals surface area contributed by atoms with Gasteiger partial charge in [0.1, 0.15) is 6.04 Å². The van der Waals surface area contributed by atoms with Crippen molar-refractivity contribution >= 4 is 17.8 Å². The van der Waals surface area contributed by atoms with Crippen molar-refractivity contribution in [3.8, 4) is 0 Å². The van der Waals surface area contributed by atoms with Gasteiger partial charge in [-0.25, -0.2) is 9.59 Å². The minimum atomic E-state index is -1.07. The molecular formula is C12H20N4O3. The van der Waals surface area contributed by atoms with Gasteiger partial charge in [0.05, 0.1) is 0 Å². The van der Waals surface area contributed by atoms with Gasteiger partial charge in [0, 0.05) is 18.8 Å². The first kappa shape index (κ1) is 15.0. The molecule has 0 aliphatic rings. The Morgan fingerprint density at radius 3 is 2.37 bits per heavy atom. The molecule has 1 heterocycles. The fourth-order valence-electron chi connectivity index (χ4n) is 1.55. The fourth-order valence-corrected chi connectivity index (χ4v) is 1.55. The highest BCUT2D eigenvalue weighted by Crippen LogP contribution is 2.19. The first-order chi connectivity index (χ1) is 8.61. The Kier molecular flexibility index (Phi) is 4.18. The fraction of sp³-hybridized carbons (Fsp3) is 0.583. The van der Waals surface area contributed by atoms with Gasteiger partial charge in [-0.2, -0.15) is 5.10 Å². The summed E-state index contributed by atoms with van der Waals surface area (Å²) in [5.74, 6) is -0.685. The van der Waals surface area contributed by atoms with Crippen LogP contribution in [0.4, 0.5) is 10.6 Å². The van der Waals surface area contributed by atoms with Crippen LogP contribution in [0.5, 0.6) is 0 Å². The number of hydrogen-bond donors (Lipinski definition) is 3. The minimum absolute atomic E-state index is 0.385. The van der Waals surface area contributed by atoms with E-state index in [9.17, 15) is 9.59 Å². The van der Waals surface area contributed by atoms with Crippen LogP contribution >= 0.6 is 0 Å². The van der Waals surface area contributed by atoms with Crippen LogP contribution in [0.1, 0.15) is 26.5 Å². The number of amides is 2. The van der Waals surface area contributed by atoms with Crippen LogP contribution < -0.4 is 10.6 Å². The average Bonchev–Trinajstić information content (AvgIpc) is 2.52. The third-order valence-corrected chi connectivity index (χ3v) is 2.74. The summed E-state index contributed by atoms with van der Waals surface area (Å²) >= 11 is 0. The molecule has 0 aromatic carbocycles. The van der Waals surface area contributed by atoms with Gasteiger partial charge < -0.3 is 10.4 Å². The molecule has 1 atom stereocenters. The maximum atomic E-state index is 11.8. The highest BCUT2D eigenvalue weighted by molar-refractivity contribution is 5.91. The summed E-state index contributed by atoms with van der Waals surface area (Å²) in [7, 11) is 1.76. The molecule has 0 aliphatic heterocycles. The monoisotopic (exact) mass is 268 g/mol. The molecule has 0 spiro atoms. The van der Waals surface area contributed by atoms with Crippen LogP contribution in [-0.4, -0.2) is 32.9 Å². The van der Waals surface area contributed by atoms with Crippen molar-refractivity contribution in [2.75, 3.05) is 5.32 Å². The zero-order valence-corrected chi connectivity index (χ0v) is 11.8. The van der Waals surface area contributed by atoms with E-state index < -0.39 is 23.5 Å². The van der Waals surface area contributed by atoms with Gasteiger partial charge in [0.15, 0.2) is 5.82 Å². The number of urea groups is 1. The molecule has 7 nitrogen and oxygen atoms in total. The van der Waals surface area contributed by atoms with E-state index in [1.54, 1.807) is 38.6 Å². The van der Waals surface area contributed by atoms with Gasteiger partial charge in [-0.15, -0.1) is 0 Å². The van der Waals surface area contributed by atoms with E-state index in [2.05, 4.69) is 15.7 Å². The molecular weight excluding hydrogens is 248 g/mol. The lowest BCUT2D eigenvalue weighted by molar-refractivity contribution is -0.141. The number of rotatable bonds is 3. The highest BCUT2D eigenvalue weighted by atomic mass is 16.4. The molecule has 1 aromatic rings. The number of carboxylic acid groups (broad SMARTS) is 1. The first-order valence-electron chi connectivity index (χ1n) is 5.92. The standard InChI is InChI=1S/C12H20N4O3/c1-7-6-8(15-16(7)5)13-11(19)14-9(10(17)18)12(2,3)4/h6,9H,1-5H3,(H,17,18)(H2,13,14,15,19). The number of nitrogens with one attached hydrogen (secondary N) is 2. The SMILES string of the molecule is Cc1cc(NC(=O)NC(C(=O)O)C(C)(C)C)nn1C. The number of hydrogen-bond acceptors (Lipinski definition) is 3. The molecule has 3 N–H and O–H groups in total. The van der Waals surface area contributed by atoms with E-state index in [0.717, 1.165) is 5.69 Å². The molecule has 1 rings (SSSR count). The third kappa shape index (κ3) is 3.97. The van der Waals surface area contributed by atoms with E-state index in [-0.39, 0.29) is 0 Å². The maximum Gasteiger partial charge on any atom is 0.326 e. The quantitative estimate of drug-likeness (QED) is 0.771. The largest absolute Gasteiger partial charge is 0.480 e. The summed E-state index contributed by atoms with van der Waals surface area (Å²) in [5.41, 5.74) is 0.310. The van der Waals surface area contributed by atoms with Gasteiger partial charge in [-0.1, -0.05) is 20.8 Å². The van der Waals surface area contributed by atoms with Gasteiger partial charge in [-0.05, 0) is 12.3 Å². The summed E-state index contributed by atoms with van der Waals surface area (Å²) in [6, 6.07) is 0.143. The lowest BCUT2D eigenvalue weighted by Gasteiger charge is -2.27. The molecule has 0 saturated carbocycles. The number of aromatic nitrogens is 2. The van der Waals surface area contributed by atoms with Crippen molar-refractivity contribution in [1.29, 1.82) is 0 Å². The zero-order chi connectivity index (χ0) is 14.8. The lowest BCUT2D eigenvalue weighted by atomic mass is 9.87. The smallest absolute Gasteiger partial charge is 0.326 e. The second-order valence-electron chi connectivity index (χ2n) is 5.53. The summed E-state index contributed by atoms with van der Waals surface area (Å²) in [6.07, 6.45) is 0. The van der Waals surface area contributed by atoms with Crippen LogP contribution in [0, 0.1) is 12.3 Å². The van der Waals surface area contributed by atoms with Crippen molar-refractivity contribution in [2.24, 2.45) is 12.5 Å². The average molecular weight is 268 g/mol. The van der Waals surface area contributed by atoms with E-state index >= 15 is 0 Å². The van der Waals surface area contributed by atoms with Crippen LogP contribution in [-0.2, 0) is 11.8 Å². The molecule has 0 saturated heterocycles. The van der Waals surface area contributed by atoms with Gasteiger partial charge in [0.2, 0.25) is 0 Å². The predicted octanol–water partition coefficient (Wildman–Crippen LogP) is 1.35. The first-order valence-corrected chi connectivity index (χ1v) is 5.92. The second-order valence-corrected chi connectivity index (χ2v) is 5.53. The number of anilines is 1. The van der Waals surface area contributed by atoms with E-state index in [1.165, 1.54) is 0 Å². The number of carbonyl (C=O) groups excluding carboxylic acids is 1. The molecule has 19 heavy (non-hydrogen) atoms. The summed E-state index contributed by atoms with van der Waals surface area (Å²) in [6.45, 7) is 7.09. The van der Waals surface area contributed by atoms with Crippen molar-refractivity contribution in [3.05, 3.63) is 11.8 Å². The summed E-state index contributed by atoms with van der Waals surface area (Å²) in [4.78, 5) is 22.9. The molecule has 1 aromatic heterocycles. The number of nitrogens with zero attached hydrogens (tertiary/aromatic N) is 2. The second kappa shape index (κ2) is 5.29. The minimum Gasteiger partial charge on any atom is -0.480 e. The van der Waals surface area contributed by atoms with E-state index in [0.29, 0.717) is 5.82 Å². The summed E-state index contributed by atoms with van der Waals surface area (Å²) in [5, 5.41) is 18.1. The predicted molar refractivity (Wildman–Crippen MR) is 71.0 cm³/mol. The van der Waals surface area contributed by atoms with Crippen LogP contribution in [0.25, 0.3) is 0 Å². The Morgan fingerprint density at radius 2 is 2.00 bits per heavy atom. The van der Waals surface area contributed by atoms with Crippen molar-refractivity contribution in [1.82, 2.24) is 15.1 Å². The van der Waals surface area contributed by atoms with Crippen molar-refractivity contribution in [3.63, 3.8) is 0 Å². The maximum absolute atomic E-state index is 11.8. The third-order valence-electron chi connectivity index (χ3n) is 2.74. The van der Waals surface area contributed by atoms with Gasteiger partial charge in [0.25, 0.3) is 0 Å². The topological polar surface area (TPSA) is 96.2 Å². The normalized spacial score (nSPS) is 12.9. The number of aliphatic carboxylic acids is 1. The molecule has 0 aliphatic carbocycles. The van der Waals surface area contributed by atoms with Gasteiger partial charge >= 0.3 is 12.0 Å². The molecule has 106 valence electrons. The van der Waals surface area contributed by atoms with Crippen molar-refractivity contribution < 1.29 is 14.7 Å². The molecule has 0 fully saturated rings.